The molecule has 2 rings (SSSR count). The molecule has 0 aliphatic carbocycles. The second-order valence-electron chi connectivity index (χ2n) is 4.86. The van der Waals surface area contributed by atoms with Gasteiger partial charge in [-0.1, -0.05) is 6.07 Å². The van der Waals surface area contributed by atoms with Gasteiger partial charge in [-0.25, -0.2) is 4.39 Å². The third kappa shape index (κ3) is 3.07. The molecule has 0 amide bonds. The average molecular weight is 269 g/mol. The lowest BCUT2D eigenvalue weighted by atomic mass is 10.1. The van der Waals surface area contributed by atoms with E-state index < -0.39 is 5.82 Å². The molecule has 0 fully saturated rings. The van der Waals surface area contributed by atoms with Crippen molar-refractivity contribution in [3.8, 4) is 6.07 Å². The highest BCUT2D eigenvalue weighted by atomic mass is 19.1. The standard InChI is InChI=1S/C16H16FN3/c1-11-4-5-14(9-16(11)20(2)3)19-15-7-12(10-18)6-13(17)8-15/h4-9,19H,1-3H3. The zero-order valence-electron chi connectivity index (χ0n) is 11.7. The number of nitriles is 1. The van der Waals surface area contributed by atoms with Crippen LogP contribution in [0, 0.1) is 24.1 Å². The predicted molar refractivity (Wildman–Crippen MR) is 79.9 cm³/mol. The third-order valence-corrected chi connectivity index (χ3v) is 3.01. The Balaban J connectivity index is 2.33. The number of nitrogens with zero attached hydrogens (tertiary/aromatic N) is 2. The average Bonchev–Trinajstić information content (AvgIpc) is 2.40. The van der Waals surface area contributed by atoms with Gasteiger partial charge in [0.2, 0.25) is 0 Å². The van der Waals surface area contributed by atoms with Gasteiger partial charge >= 0.3 is 0 Å². The monoisotopic (exact) mass is 269 g/mol. The van der Waals surface area contributed by atoms with Crippen molar-refractivity contribution in [2.45, 2.75) is 6.92 Å². The first-order valence-electron chi connectivity index (χ1n) is 6.25. The fourth-order valence-electron chi connectivity index (χ4n) is 2.06. The van der Waals surface area contributed by atoms with Crippen LogP contribution in [0.2, 0.25) is 0 Å². The van der Waals surface area contributed by atoms with E-state index in [0.717, 1.165) is 16.9 Å². The van der Waals surface area contributed by atoms with Crippen molar-refractivity contribution in [2.24, 2.45) is 0 Å². The minimum absolute atomic E-state index is 0.299. The van der Waals surface area contributed by atoms with Gasteiger partial charge in [-0.05, 0) is 42.8 Å². The van der Waals surface area contributed by atoms with E-state index in [2.05, 4.69) is 5.32 Å². The largest absolute Gasteiger partial charge is 0.377 e. The maximum absolute atomic E-state index is 13.4. The number of anilines is 3. The molecular formula is C16H16FN3. The van der Waals surface area contributed by atoms with E-state index in [-0.39, 0.29) is 0 Å². The number of aryl methyl sites for hydroxylation is 1. The van der Waals surface area contributed by atoms with Crippen LogP contribution in [0.5, 0.6) is 0 Å². The molecule has 0 aromatic heterocycles. The summed E-state index contributed by atoms with van der Waals surface area (Å²) in [5, 5.41) is 12.0. The van der Waals surface area contributed by atoms with Crippen LogP contribution in [-0.2, 0) is 0 Å². The van der Waals surface area contributed by atoms with Crippen molar-refractivity contribution in [2.75, 3.05) is 24.3 Å². The SMILES string of the molecule is Cc1ccc(Nc2cc(F)cc(C#N)c2)cc1N(C)C. The maximum Gasteiger partial charge on any atom is 0.126 e. The lowest BCUT2D eigenvalue weighted by Gasteiger charge is -2.17. The molecule has 0 radical (unpaired) electrons. The summed E-state index contributed by atoms with van der Waals surface area (Å²) >= 11 is 0. The molecule has 2 aromatic rings. The highest BCUT2D eigenvalue weighted by Crippen LogP contribution is 2.25. The first kappa shape index (κ1) is 13.9. The molecule has 3 nitrogen and oxygen atoms in total. The minimum Gasteiger partial charge on any atom is -0.377 e. The smallest absolute Gasteiger partial charge is 0.126 e. The van der Waals surface area contributed by atoms with Gasteiger partial charge in [-0.3, -0.25) is 0 Å². The second kappa shape index (κ2) is 5.62. The molecule has 2 aromatic carbocycles. The molecule has 0 spiro atoms. The number of hydrogen-bond acceptors (Lipinski definition) is 3. The normalized spacial score (nSPS) is 9.95. The molecule has 102 valence electrons. The molecule has 0 unspecified atom stereocenters. The minimum atomic E-state index is -0.425. The Morgan fingerprint density at radius 1 is 1.10 bits per heavy atom. The Morgan fingerprint density at radius 3 is 2.50 bits per heavy atom. The van der Waals surface area contributed by atoms with Crippen molar-refractivity contribution in [1.29, 1.82) is 5.26 Å². The van der Waals surface area contributed by atoms with Crippen LogP contribution in [0.25, 0.3) is 0 Å². The van der Waals surface area contributed by atoms with Crippen LogP contribution >= 0.6 is 0 Å². The maximum atomic E-state index is 13.4. The van der Waals surface area contributed by atoms with Crippen LogP contribution in [0.1, 0.15) is 11.1 Å². The first-order valence-corrected chi connectivity index (χ1v) is 6.25. The summed E-state index contributed by atoms with van der Waals surface area (Å²) < 4.78 is 13.4. The fraction of sp³-hybridized carbons (Fsp3) is 0.188. The second-order valence-corrected chi connectivity index (χ2v) is 4.86. The molecule has 0 saturated heterocycles. The molecule has 0 heterocycles. The van der Waals surface area contributed by atoms with Crippen molar-refractivity contribution >= 4 is 17.1 Å². The lowest BCUT2D eigenvalue weighted by molar-refractivity contribution is 0.628. The zero-order chi connectivity index (χ0) is 14.7. The van der Waals surface area contributed by atoms with Crippen LogP contribution in [-0.4, -0.2) is 14.1 Å². The van der Waals surface area contributed by atoms with Gasteiger partial charge in [0.1, 0.15) is 5.82 Å². The molecule has 0 aliphatic heterocycles. The number of halogens is 1. The Hall–Kier alpha value is -2.54. The molecule has 0 atom stereocenters. The Labute approximate surface area is 118 Å². The van der Waals surface area contributed by atoms with E-state index in [1.54, 1.807) is 6.07 Å². The summed E-state index contributed by atoms with van der Waals surface area (Å²) in [6.07, 6.45) is 0. The van der Waals surface area contributed by atoms with Crippen LogP contribution in [0.3, 0.4) is 0 Å². The molecule has 0 aliphatic rings. The summed E-state index contributed by atoms with van der Waals surface area (Å²) in [5.41, 5.74) is 3.97. The molecular weight excluding hydrogens is 253 g/mol. The summed E-state index contributed by atoms with van der Waals surface area (Å²) in [7, 11) is 3.95. The predicted octanol–water partition coefficient (Wildman–Crippen LogP) is 3.82. The van der Waals surface area contributed by atoms with E-state index in [9.17, 15) is 4.39 Å². The van der Waals surface area contributed by atoms with Gasteiger partial charge in [0.05, 0.1) is 11.6 Å². The van der Waals surface area contributed by atoms with Gasteiger partial charge < -0.3 is 10.2 Å². The van der Waals surface area contributed by atoms with Gasteiger partial charge in [0.15, 0.2) is 0 Å². The Bertz CT molecular complexity index is 672. The Morgan fingerprint density at radius 2 is 1.85 bits per heavy atom. The number of nitrogens with one attached hydrogen (secondary N) is 1. The first-order chi connectivity index (χ1) is 9.49. The van der Waals surface area contributed by atoms with E-state index in [1.807, 2.05) is 50.2 Å². The Kier molecular flexibility index (Phi) is 3.90. The van der Waals surface area contributed by atoms with Crippen molar-refractivity contribution in [3.05, 3.63) is 53.3 Å². The number of hydrogen-bond donors (Lipinski definition) is 1. The molecule has 1 N–H and O–H groups in total. The molecule has 0 bridgehead atoms. The van der Waals surface area contributed by atoms with Gasteiger partial charge in [-0.15, -0.1) is 0 Å². The topological polar surface area (TPSA) is 39.1 Å². The van der Waals surface area contributed by atoms with Gasteiger partial charge in [-0.2, -0.15) is 5.26 Å². The summed E-state index contributed by atoms with van der Waals surface area (Å²) in [4.78, 5) is 2.02. The van der Waals surface area contributed by atoms with Crippen LogP contribution < -0.4 is 10.2 Å². The molecule has 20 heavy (non-hydrogen) atoms. The zero-order valence-corrected chi connectivity index (χ0v) is 11.7. The van der Waals surface area contributed by atoms with E-state index >= 15 is 0 Å². The van der Waals surface area contributed by atoms with Crippen molar-refractivity contribution in [3.63, 3.8) is 0 Å². The highest BCUT2D eigenvalue weighted by molar-refractivity contribution is 5.68. The summed E-state index contributed by atoms with van der Waals surface area (Å²) in [6.45, 7) is 2.04. The molecule has 0 saturated carbocycles. The van der Waals surface area contributed by atoms with Crippen LogP contribution in [0.15, 0.2) is 36.4 Å². The molecule has 4 heteroatoms. The van der Waals surface area contributed by atoms with Crippen molar-refractivity contribution < 1.29 is 4.39 Å². The van der Waals surface area contributed by atoms with Gasteiger partial charge in [0.25, 0.3) is 0 Å². The number of rotatable bonds is 3. The third-order valence-electron chi connectivity index (χ3n) is 3.01. The van der Waals surface area contributed by atoms with Gasteiger partial charge in [0, 0.05) is 31.2 Å². The fourth-order valence-corrected chi connectivity index (χ4v) is 2.06. The highest BCUT2D eigenvalue weighted by Gasteiger charge is 2.04. The van der Waals surface area contributed by atoms with E-state index in [1.165, 1.54) is 12.1 Å². The van der Waals surface area contributed by atoms with E-state index in [0.29, 0.717) is 11.3 Å². The summed E-state index contributed by atoms with van der Waals surface area (Å²) in [6, 6.07) is 12.1. The van der Waals surface area contributed by atoms with Crippen molar-refractivity contribution in [1.82, 2.24) is 0 Å². The lowest BCUT2D eigenvalue weighted by Crippen LogP contribution is -2.10. The van der Waals surface area contributed by atoms with Crippen LogP contribution in [0.4, 0.5) is 21.5 Å². The van der Waals surface area contributed by atoms with E-state index in [4.69, 9.17) is 5.26 Å². The summed E-state index contributed by atoms with van der Waals surface area (Å²) in [5.74, 6) is -0.425. The quantitative estimate of drug-likeness (QED) is 0.920. The number of benzene rings is 2.